The highest BCUT2D eigenvalue weighted by molar-refractivity contribution is 5.85. The van der Waals surface area contributed by atoms with E-state index in [1.807, 2.05) is 20.0 Å². The molecule has 1 heterocycles. The first kappa shape index (κ1) is 14.6. The first-order valence-electron chi connectivity index (χ1n) is 6.96. The number of hydrogen-bond donors (Lipinski definition) is 2. The van der Waals surface area contributed by atoms with Gasteiger partial charge in [0.25, 0.3) is 0 Å². The topological polar surface area (TPSA) is 84.2 Å². The van der Waals surface area contributed by atoms with Crippen molar-refractivity contribution in [2.24, 2.45) is 24.8 Å². The van der Waals surface area contributed by atoms with Gasteiger partial charge < -0.3 is 10.4 Å². The number of nitrogens with one attached hydrogen (secondary N) is 1. The normalized spacial score (nSPS) is 25.6. The number of amides is 1. The lowest BCUT2D eigenvalue weighted by atomic mass is 9.95. The lowest BCUT2D eigenvalue weighted by Crippen LogP contribution is -2.36. The van der Waals surface area contributed by atoms with E-state index in [-0.39, 0.29) is 5.91 Å². The van der Waals surface area contributed by atoms with E-state index < -0.39 is 17.8 Å². The molecule has 6 heteroatoms. The molecule has 1 fully saturated rings. The van der Waals surface area contributed by atoms with Gasteiger partial charge in [0.15, 0.2) is 0 Å². The second-order valence-electron chi connectivity index (χ2n) is 5.61. The van der Waals surface area contributed by atoms with Crippen LogP contribution in [0.25, 0.3) is 0 Å². The summed E-state index contributed by atoms with van der Waals surface area (Å²) < 4.78 is 1.77. The predicted molar refractivity (Wildman–Crippen MR) is 72.9 cm³/mol. The minimum atomic E-state index is -0.860. The average molecular weight is 279 g/mol. The number of carboxylic acids is 1. The van der Waals surface area contributed by atoms with E-state index in [9.17, 15) is 14.7 Å². The van der Waals surface area contributed by atoms with Gasteiger partial charge >= 0.3 is 5.97 Å². The summed E-state index contributed by atoms with van der Waals surface area (Å²) in [4.78, 5) is 23.3. The van der Waals surface area contributed by atoms with E-state index in [1.165, 1.54) is 0 Å². The second kappa shape index (κ2) is 6.07. The SMILES string of the molecule is CC1C[C@H](C(=O)NCCc2ccnn2C)[C@H](C(=O)O)C1. The molecule has 1 aromatic heterocycles. The van der Waals surface area contributed by atoms with Gasteiger partial charge in [0.2, 0.25) is 5.91 Å². The molecule has 0 radical (unpaired) electrons. The Morgan fingerprint density at radius 3 is 2.75 bits per heavy atom. The number of carboxylic acid groups (broad SMARTS) is 1. The average Bonchev–Trinajstić information content (AvgIpc) is 2.96. The van der Waals surface area contributed by atoms with E-state index in [1.54, 1.807) is 10.9 Å². The molecule has 2 N–H and O–H groups in total. The third-order valence-electron chi connectivity index (χ3n) is 4.06. The van der Waals surface area contributed by atoms with Crippen LogP contribution in [0.3, 0.4) is 0 Å². The van der Waals surface area contributed by atoms with Crippen LogP contribution in [0.15, 0.2) is 12.3 Å². The van der Waals surface area contributed by atoms with Crippen molar-refractivity contribution in [3.05, 3.63) is 18.0 Å². The number of carbonyl (C=O) groups excluding carboxylic acids is 1. The standard InChI is InChI=1S/C14H21N3O3/c1-9-7-11(12(8-9)14(19)20)13(18)15-5-3-10-4-6-16-17(10)2/h4,6,9,11-12H,3,5,7-8H2,1-2H3,(H,15,18)(H,19,20)/t9?,11-,12+/m0/s1. The molecule has 0 bridgehead atoms. The zero-order chi connectivity index (χ0) is 14.7. The summed E-state index contributed by atoms with van der Waals surface area (Å²) in [6, 6.07) is 1.91. The van der Waals surface area contributed by atoms with Crippen molar-refractivity contribution < 1.29 is 14.7 Å². The molecule has 0 spiro atoms. The van der Waals surface area contributed by atoms with Crippen molar-refractivity contribution in [1.29, 1.82) is 0 Å². The second-order valence-corrected chi connectivity index (χ2v) is 5.61. The maximum Gasteiger partial charge on any atom is 0.307 e. The molecular formula is C14H21N3O3. The number of nitrogens with zero attached hydrogens (tertiary/aromatic N) is 2. The molecule has 20 heavy (non-hydrogen) atoms. The van der Waals surface area contributed by atoms with Crippen molar-refractivity contribution in [3.8, 4) is 0 Å². The number of aromatic nitrogens is 2. The van der Waals surface area contributed by atoms with Crippen molar-refractivity contribution >= 4 is 11.9 Å². The number of carbonyl (C=O) groups is 2. The highest BCUT2D eigenvalue weighted by atomic mass is 16.4. The molecule has 1 saturated carbocycles. The molecule has 1 unspecified atom stereocenters. The monoisotopic (exact) mass is 279 g/mol. The van der Waals surface area contributed by atoms with E-state index in [0.717, 1.165) is 5.69 Å². The summed E-state index contributed by atoms with van der Waals surface area (Å²) >= 11 is 0. The molecule has 3 atom stereocenters. The highest BCUT2D eigenvalue weighted by Gasteiger charge is 2.40. The summed E-state index contributed by atoms with van der Waals surface area (Å²) in [5.74, 6) is -1.63. The molecule has 1 amide bonds. The Bertz CT molecular complexity index is 498. The first-order valence-corrected chi connectivity index (χ1v) is 6.96. The number of rotatable bonds is 5. The molecule has 1 aliphatic carbocycles. The van der Waals surface area contributed by atoms with Gasteiger partial charge in [-0.15, -0.1) is 0 Å². The number of hydrogen-bond acceptors (Lipinski definition) is 3. The molecule has 6 nitrogen and oxygen atoms in total. The van der Waals surface area contributed by atoms with Crippen LogP contribution in [0, 0.1) is 17.8 Å². The van der Waals surface area contributed by atoms with Crippen LogP contribution in [0.1, 0.15) is 25.5 Å². The highest BCUT2D eigenvalue weighted by Crippen LogP contribution is 2.36. The Morgan fingerprint density at radius 2 is 2.15 bits per heavy atom. The van der Waals surface area contributed by atoms with Gasteiger partial charge in [-0.1, -0.05) is 6.92 Å². The van der Waals surface area contributed by atoms with E-state index in [2.05, 4.69) is 10.4 Å². The third kappa shape index (κ3) is 3.18. The summed E-state index contributed by atoms with van der Waals surface area (Å²) in [5.41, 5.74) is 1.04. The van der Waals surface area contributed by atoms with Crippen molar-refractivity contribution in [2.75, 3.05) is 6.54 Å². The molecule has 2 rings (SSSR count). The zero-order valence-electron chi connectivity index (χ0n) is 11.9. The molecule has 0 aliphatic heterocycles. The van der Waals surface area contributed by atoms with Crippen molar-refractivity contribution in [2.45, 2.75) is 26.2 Å². The fourth-order valence-corrected chi connectivity index (χ4v) is 2.95. The third-order valence-corrected chi connectivity index (χ3v) is 4.06. The molecule has 1 aromatic rings. The molecule has 1 aliphatic rings. The maximum absolute atomic E-state index is 12.1. The van der Waals surface area contributed by atoms with Gasteiger partial charge in [-0.25, -0.2) is 0 Å². The fraction of sp³-hybridized carbons (Fsp3) is 0.643. The summed E-state index contributed by atoms with van der Waals surface area (Å²) in [6.45, 7) is 2.51. The van der Waals surface area contributed by atoms with Gasteiger partial charge in [-0.3, -0.25) is 14.3 Å². The maximum atomic E-state index is 12.1. The predicted octanol–water partition coefficient (Wildman–Crippen LogP) is 0.826. The Labute approximate surface area is 118 Å². The van der Waals surface area contributed by atoms with Crippen LogP contribution in [0.2, 0.25) is 0 Å². The van der Waals surface area contributed by atoms with E-state index in [4.69, 9.17) is 0 Å². The smallest absolute Gasteiger partial charge is 0.307 e. The minimum absolute atomic E-state index is 0.135. The van der Waals surface area contributed by atoms with Gasteiger partial charge in [0.1, 0.15) is 0 Å². The van der Waals surface area contributed by atoms with Crippen LogP contribution in [-0.2, 0) is 23.1 Å². The van der Waals surface area contributed by atoms with Crippen molar-refractivity contribution in [1.82, 2.24) is 15.1 Å². The summed E-state index contributed by atoms with van der Waals surface area (Å²) in [5, 5.41) is 16.1. The Morgan fingerprint density at radius 1 is 1.45 bits per heavy atom. The summed E-state index contributed by atoms with van der Waals surface area (Å²) in [7, 11) is 1.86. The number of aryl methyl sites for hydroxylation is 1. The van der Waals surface area contributed by atoms with Gasteiger partial charge in [-0.2, -0.15) is 5.10 Å². The van der Waals surface area contributed by atoms with Crippen LogP contribution in [-0.4, -0.2) is 33.3 Å². The fourth-order valence-electron chi connectivity index (χ4n) is 2.95. The molecular weight excluding hydrogens is 258 g/mol. The quantitative estimate of drug-likeness (QED) is 0.836. The molecule has 0 saturated heterocycles. The van der Waals surface area contributed by atoms with E-state index in [0.29, 0.717) is 31.7 Å². The van der Waals surface area contributed by atoms with Crippen LogP contribution >= 0.6 is 0 Å². The first-order chi connectivity index (χ1) is 9.49. The summed E-state index contributed by atoms with van der Waals surface area (Å²) in [6.07, 6.45) is 3.67. The van der Waals surface area contributed by atoms with E-state index >= 15 is 0 Å². The zero-order valence-corrected chi connectivity index (χ0v) is 11.9. The Kier molecular flexibility index (Phi) is 4.42. The van der Waals surface area contributed by atoms with Crippen LogP contribution < -0.4 is 5.32 Å². The van der Waals surface area contributed by atoms with Gasteiger partial charge in [0, 0.05) is 31.9 Å². The van der Waals surface area contributed by atoms with Gasteiger partial charge in [0.05, 0.1) is 11.8 Å². The van der Waals surface area contributed by atoms with Crippen molar-refractivity contribution in [3.63, 3.8) is 0 Å². The Hall–Kier alpha value is -1.85. The number of aliphatic carboxylic acids is 1. The molecule has 0 aromatic carbocycles. The van der Waals surface area contributed by atoms with Crippen LogP contribution in [0.4, 0.5) is 0 Å². The van der Waals surface area contributed by atoms with Crippen LogP contribution in [0.5, 0.6) is 0 Å². The molecule has 110 valence electrons. The largest absolute Gasteiger partial charge is 0.481 e. The Balaban J connectivity index is 1.85. The lowest BCUT2D eigenvalue weighted by molar-refractivity contribution is -0.146. The minimum Gasteiger partial charge on any atom is -0.481 e. The van der Waals surface area contributed by atoms with Gasteiger partial charge in [-0.05, 0) is 24.8 Å². The lowest BCUT2D eigenvalue weighted by Gasteiger charge is -2.15.